The van der Waals surface area contributed by atoms with E-state index in [1.54, 1.807) is 6.33 Å². The van der Waals surface area contributed by atoms with Gasteiger partial charge in [0.1, 0.15) is 17.8 Å². The van der Waals surface area contributed by atoms with Crippen molar-refractivity contribution in [3.63, 3.8) is 0 Å². The molecule has 198 valence electrons. The minimum Gasteiger partial charge on any atom is -0.481 e. The highest BCUT2D eigenvalue weighted by Crippen LogP contribution is 2.29. The van der Waals surface area contributed by atoms with Crippen molar-refractivity contribution >= 4 is 22.8 Å². The van der Waals surface area contributed by atoms with Gasteiger partial charge in [-0.25, -0.2) is 9.97 Å². The molecule has 0 bridgehead atoms. The molecule has 8 heteroatoms. The molecule has 1 aliphatic heterocycles. The van der Waals surface area contributed by atoms with Gasteiger partial charge in [0.2, 0.25) is 0 Å². The number of fused-ring (bicyclic) bond motifs is 1. The van der Waals surface area contributed by atoms with Gasteiger partial charge < -0.3 is 20.3 Å². The maximum absolute atomic E-state index is 10.7. The van der Waals surface area contributed by atoms with Crippen LogP contribution < -0.4 is 5.32 Å². The van der Waals surface area contributed by atoms with E-state index in [0.717, 1.165) is 80.2 Å². The van der Waals surface area contributed by atoms with E-state index in [1.807, 2.05) is 6.07 Å². The van der Waals surface area contributed by atoms with Gasteiger partial charge in [0, 0.05) is 50.9 Å². The van der Waals surface area contributed by atoms with E-state index in [-0.39, 0.29) is 12.5 Å². The van der Waals surface area contributed by atoms with Crippen LogP contribution in [0.25, 0.3) is 22.3 Å². The molecule has 3 N–H and O–H groups in total. The fraction of sp³-hybridized carbons (Fsp3) is 0.367. The second-order valence-corrected chi connectivity index (χ2v) is 10.1. The summed E-state index contributed by atoms with van der Waals surface area (Å²) in [5.74, 6) is 0.126. The summed E-state index contributed by atoms with van der Waals surface area (Å²) < 4.78 is 0. The Morgan fingerprint density at radius 2 is 1.74 bits per heavy atom. The molecule has 0 saturated carbocycles. The number of nitrogens with one attached hydrogen (secondary N) is 2. The Balaban J connectivity index is 1.17. The van der Waals surface area contributed by atoms with Crippen LogP contribution in [0.15, 0.2) is 67.0 Å². The van der Waals surface area contributed by atoms with Gasteiger partial charge in [-0.15, -0.1) is 0 Å². The number of aromatic nitrogens is 3. The van der Waals surface area contributed by atoms with Crippen molar-refractivity contribution in [2.24, 2.45) is 0 Å². The molecule has 38 heavy (non-hydrogen) atoms. The van der Waals surface area contributed by atoms with Gasteiger partial charge >= 0.3 is 5.97 Å². The second kappa shape index (κ2) is 12.2. The zero-order valence-corrected chi connectivity index (χ0v) is 21.9. The van der Waals surface area contributed by atoms with Crippen molar-refractivity contribution in [3.8, 4) is 11.3 Å². The third-order valence-electron chi connectivity index (χ3n) is 7.33. The van der Waals surface area contributed by atoms with Gasteiger partial charge in [-0.05, 0) is 49.1 Å². The minimum atomic E-state index is -0.700. The van der Waals surface area contributed by atoms with Crippen molar-refractivity contribution in [1.82, 2.24) is 24.8 Å². The number of piperazine rings is 1. The number of carbonyl (C=O) groups is 1. The third-order valence-corrected chi connectivity index (χ3v) is 7.33. The number of unbranched alkanes of at least 4 members (excludes halogenated alkanes) is 1. The number of anilines is 1. The number of rotatable bonds is 11. The van der Waals surface area contributed by atoms with E-state index in [9.17, 15) is 4.79 Å². The molecular weight excluding hydrogens is 476 g/mol. The van der Waals surface area contributed by atoms with Crippen molar-refractivity contribution < 1.29 is 9.90 Å². The number of benzene rings is 2. The van der Waals surface area contributed by atoms with Crippen LogP contribution in [0.3, 0.4) is 0 Å². The average molecular weight is 513 g/mol. The number of hydrogen-bond donors (Lipinski definition) is 3. The molecule has 0 spiro atoms. The van der Waals surface area contributed by atoms with Crippen LogP contribution >= 0.6 is 0 Å². The van der Waals surface area contributed by atoms with Crippen LogP contribution in [0.2, 0.25) is 0 Å². The van der Waals surface area contributed by atoms with Crippen molar-refractivity contribution in [3.05, 3.63) is 78.1 Å². The van der Waals surface area contributed by atoms with Crippen molar-refractivity contribution in [2.45, 2.75) is 38.8 Å². The van der Waals surface area contributed by atoms with Gasteiger partial charge in [-0.3, -0.25) is 9.69 Å². The van der Waals surface area contributed by atoms with E-state index in [4.69, 9.17) is 5.11 Å². The zero-order chi connectivity index (χ0) is 26.3. The SMILES string of the molecule is CC(Nc1ncnc2[nH]c(-c3ccc(CN4CCN(CCCCC(=O)O)CC4)cc3)cc12)c1ccccc1. The molecule has 2 aromatic heterocycles. The molecule has 1 unspecified atom stereocenters. The maximum Gasteiger partial charge on any atom is 0.303 e. The summed E-state index contributed by atoms with van der Waals surface area (Å²) in [5.41, 5.74) is 5.49. The van der Waals surface area contributed by atoms with E-state index in [2.05, 4.69) is 91.6 Å². The Morgan fingerprint density at radius 1 is 1.00 bits per heavy atom. The number of aromatic amines is 1. The number of carboxylic acid groups (broad SMARTS) is 1. The Kier molecular flexibility index (Phi) is 8.31. The summed E-state index contributed by atoms with van der Waals surface area (Å²) in [5, 5.41) is 13.3. The van der Waals surface area contributed by atoms with Crippen LogP contribution in [0.1, 0.15) is 43.4 Å². The topological polar surface area (TPSA) is 97.4 Å². The van der Waals surface area contributed by atoms with Crippen molar-refractivity contribution in [1.29, 1.82) is 0 Å². The summed E-state index contributed by atoms with van der Waals surface area (Å²) in [4.78, 5) is 28.0. The zero-order valence-electron chi connectivity index (χ0n) is 21.9. The maximum atomic E-state index is 10.7. The lowest BCUT2D eigenvalue weighted by Gasteiger charge is -2.34. The monoisotopic (exact) mass is 512 g/mol. The van der Waals surface area contributed by atoms with Gasteiger partial charge in [-0.2, -0.15) is 0 Å². The molecule has 1 atom stereocenters. The van der Waals surface area contributed by atoms with Gasteiger partial charge in [-0.1, -0.05) is 54.6 Å². The molecular formula is C30H36N6O2. The van der Waals surface area contributed by atoms with Crippen LogP contribution in [-0.2, 0) is 11.3 Å². The number of aliphatic carboxylic acids is 1. The summed E-state index contributed by atoms with van der Waals surface area (Å²) >= 11 is 0. The first kappa shape index (κ1) is 25.9. The number of nitrogens with zero attached hydrogens (tertiary/aromatic N) is 4. The molecule has 4 aromatic rings. The Morgan fingerprint density at radius 3 is 2.47 bits per heavy atom. The molecule has 8 nitrogen and oxygen atoms in total. The molecule has 2 aromatic carbocycles. The fourth-order valence-electron chi connectivity index (χ4n) is 5.07. The summed E-state index contributed by atoms with van der Waals surface area (Å²) in [6.45, 7) is 8.24. The standard InChI is InChI=1S/C30H36N6O2/c1-22(24-7-3-2-4-8-24)33-29-26-19-27(34-30(26)32-21-31-29)25-12-10-23(11-13-25)20-36-17-15-35(16-18-36)14-6-5-9-28(37)38/h2-4,7-8,10-13,19,21-22H,5-6,9,14-18,20H2,1H3,(H,37,38)(H2,31,32,33,34). The van der Waals surface area contributed by atoms with E-state index < -0.39 is 5.97 Å². The first-order valence-corrected chi connectivity index (χ1v) is 13.5. The average Bonchev–Trinajstić information content (AvgIpc) is 3.38. The molecule has 1 saturated heterocycles. The highest BCUT2D eigenvalue weighted by Gasteiger charge is 2.17. The smallest absolute Gasteiger partial charge is 0.303 e. The molecule has 0 amide bonds. The predicted molar refractivity (Wildman–Crippen MR) is 151 cm³/mol. The number of carboxylic acids is 1. The van der Waals surface area contributed by atoms with Gasteiger partial charge in [0.15, 0.2) is 0 Å². The molecule has 0 aliphatic carbocycles. The Bertz CT molecular complexity index is 1330. The van der Waals surface area contributed by atoms with Crippen LogP contribution in [-0.4, -0.2) is 68.6 Å². The summed E-state index contributed by atoms with van der Waals surface area (Å²) in [6.07, 6.45) is 3.58. The summed E-state index contributed by atoms with van der Waals surface area (Å²) in [6, 6.07) is 21.4. The third kappa shape index (κ3) is 6.57. The second-order valence-electron chi connectivity index (χ2n) is 10.1. The van der Waals surface area contributed by atoms with Crippen molar-refractivity contribution in [2.75, 3.05) is 38.0 Å². The largest absolute Gasteiger partial charge is 0.481 e. The molecule has 1 aliphatic rings. The van der Waals surface area contributed by atoms with Gasteiger partial charge in [0.25, 0.3) is 0 Å². The molecule has 3 heterocycles. The van der Waals surface area contributed by atoms with Crippen LogP contribution in [0.4, 0.5) is 5.82 Å². The minimum absolute atomic E-state index is 0.130. The first-order chi connectivity index (χ1) is 18.5. The van der Waals surface area contributed by atoms with E-state index in [0.29, 0.717) is 0 Å². The molecule has 5 rings (SSSR count). The lowest BCUT2D eigenvalue weighted by Crippen LogP contribution is -2.46. The van der Waals surface area contributed by atoms with Gasteiger partial charge in [0.05, 0.1) is 5.39 Å². The lowest BCUT2D eigenvalue weighted by molar-refractivity contribution is -0.137. The highest BCUT2D eigenvalue weighted by molar-refractivity contribution is 5.91. The molecule has 1 fully saturated rings. The van der Waals surface area contributed by atoms with E-state index >= 15 is 0 Å². The highest BCUT2D eigenvalue weighted by atomic mass is 16.4. The summed E-state index contributed by atoms with van der Waals surface area (Å²) in [7, 11) is 0. The molecule has 0 radical (unpaired) electrons. The number of H-pyrrole nitrogens is 1. The van der Waals surface area contributed by atoms with Crippen LogP contribution in [0.5, 0.6) is 0 Å². The number of hydrogen-bond acceptors (Lipinski definition) is 6. The van der Waals surface area contributed by atoms with Crippen LogP contribution in [0, 0.1) is 0 Å². The Hall–Kier alpha value is -3.75. The predicted octanol–water partition coefficient (Wildman–Crippen LogP) is 5.17. The lowest BCUT2D eigenvalue weighted by atomic mass is 10.1. The van der Waals surface area contributed by atoms with E-state index in [1.165, 1.54) is 11.1 Å². The Labute approximate surface area is 223 Å². The first-order valence-electron chi connectivity index (χ1n) is 13.5. The fourth-order valence-corrected chi connectivity index (χ4v) is 5.07. The quantitative estimate of drug-likeness (QED) is 0.239. The normalized spacial score (nSPS) is 15.5.